The molecule has 0 aliphatic carbocycles. The van der Waals surface area contributed by atoms with Crippen LogP contribution in [0.15, 0.2) is 73.7 Å². The molecule has 10 heteroatoms. The molecule has 0 saturated heterocycles. The lowest BCUT2D eigenvalue weighted by Gasteiger charge is -2.14. The van der Waals surface area contributed by atoms with Crippen LogP contribution in [0.1, 0.15) is 11.3 Å². The van der Waals surface area contributed by atoms with Crippen LogP contribution in [0.3, 0.4) is 0 Å². The largest absolute Gasteiger partial charge is 0.424 e. The van der Waals surface area contributed by atoms with Gasteiger partial charge in [0.1, 0.15) is 23.5 Å². The highest BCUT2D eigenvalue weighted by molar-refractivity contribution is 6.09. The minimum absolute atomic E-state index is 0.165. The average molecular weight is 506 g/mol. The molecule has 6 rings (SSSR count). The Labute approximate surface area is 217 Å². The fraction of sp³-hybridized carbons (Fsp3) is 0.107. The van der Waals surface area contributed by atoms with Gasteiger partial charge in [0.05, 0.1) is 23.4 Å². The molecule has 4 heterocycles. The van der Waals surface area contributed by atoms with Crippen molar-refractivity contribution < 1.29 is 14.6 Å². The van der Waals surface area contributed by atoms with Crippen LogP contribution in [0.25, 0.3) is 33.4 Å². The smallest absolute Gasteiger partial charge is 0.322 e. The standard InChI is InChI=1S/C28H23N7O3/c1-3-22(37)33-18-6-4-16(5-7-18)25-23-21-9-8-20(38-28-29-11-10-19(14-36)34-28)12-17(21)13-30-26-24(23)27(35(25)2)32-15-31-26/h3-12,15,36H,1,13-14H2,2H3,(H,33,37)(H,30,31,32). The third-order valence-electron chi connectivity index (χ3n) is 6.43. The quantitative estimate of drug-likeness (QED) is 0.289. The summed E-state index contributed by atoms with van der Waals surface area (Å²) in [5.74, 6) is 1.06. The Morgan fingerprint density at radius 1 is 1.18 bits per heavy atom. The molecule has 0 saturated carbocycles. The Kier molecular flexibility index (Phi) is 5.78. The molecule has 0 spiro atoms. The molecular weight excluding hydrogens is 482 g/mol. The van der Waals surface area contributed by atoms with E-state index in [9.17, 15) is 9.90 Å². The lowest BCUT2D eigenvalue weighted by molar-refractivity contribution is -0.111. The maximum atomic E-state index is 11.7. The number of aliphatic hydroxyl groups is 1. The van der Waals surface area contributed by atoms with Crippen LogP contribution in [0.5, 0.6) is 11.8 Å². The highest BCUT2D eigenvalue weighted by Gasteiger charge is 2.26. The monoisotopic (exact) mass is 505 g/mol. The zero-order valence-corrected chi connectivity index (χ0v) is 20.5. The first-order chi connectivity index (χ1) is 18.6. The summed E-state index contributed by atoms with van der Waals surface area (Å²) in [7, 11) is 1.98. The Morgan fingerprint density at radius 2 is 2.03 bits per heavy atom. The van der Waals surface area contributed by atoms with Crippen molar-refractivity contribution in [2.75, 3.05) is 10.6 Å². The SMILES string of the molecule is C=CC(=O)Nc1ccc(-c2c3c4c(ncnc4n2C)NCc2cc(Oc4nccc(CO)n4)ccc2-3)cc1. The summed E-state index contributed by atoms with van der Waals surface area (Å²) in [6.07, 6.45) is 4.35. The average Bonchev–Trinajstić information content (AvgIpc) is 3.14. The molecule has 188 valence electrons. The van der Waals surface area contributed by atoms with E-state index in [1.54, 1.807) is 18.6 Å². The molecule has 0 bridgehead atoms. The number of rotatable bonds is 6. The summed E-state index contributed by atoms with van der Waals surface area (Å²) in [4.78, 5) is 29.2. The number of nitrogens with zero attached hydrogens (tertiary/aromatic N) is 5. The number of fused-ring (bicyclic) bond motifs is 2. The second kappa shape index (κ2) is 9.41. The number of benzene rings is 2. The number of nitrogens with one attached hydrogen (secondary N) is 2. The van der Waals surface area contributed by atoms with E-state index in [4.69, 9.17) is 4.74 Å². The second-order valence-electron chi connectivity index (χ2n) is 8.74. The number of hydrogen-bond donors (Lipinski definition) is 3. The first-order valence-electron chi connectivity index (χ1n) is 11.9. The molecule has 1 aliphatic rings. The van der Waals surface area contributed by atoms with Crippen LogP contribution in [-0.4, -0.2) is 35.5 Å². The third kappa shape index (κ3) is 4.02. The van der Waals surface area contributed by atoms with Gasteiger partial charge in [-0.15, -0.1) is 0 Å². The molecule has 38 heavy (non-hydrogen) atoms. The lowest BCUT2D eigenvalue weighted by Crippen LogP contribution is -2.07. The first-order valence-corrected chi connectivity index (χ1v) is 11.9. The van der Waals surface area contributed by atoms with Gasteiger partial charge in [-0.3, -0.25) is 4.79 Å². The van der Waals surface area contributed by atoms with Gasteiger partial charge in [-0.2, -0.15) is 4.98 Å². The predicted molar refractivity (Wildman–Crippen MR) is 144 cm³/mol. The number of aliphatic hydroxyl groups excluding tert-OH is 1. The lowest BCUT2D eigenvalue weighted by atomic mass is 9.95. The van der Waals surface area contributed by atoms with Gasteiger partial charge in [-0.1, -0.05) is 24.8 Å². The molecule has 0 unspecified atom stereocenters. The molecule has 10 nitrogen and oxygen atoms in total. The van der Waals surface area contributed by atoms with Crippen molar-refractivity contribution in [2.24, 2.45) is 7.05 Å². The summed E-state index contributed by atoms with van der Waals surface area (Å²) in [6.45, 7) is 3.84. The van der Waals surface area contributed by atoms with Crippen LogP contribution in [-0.2, 0) is 25.0 Å². The van der Waals surface area contributed by atoms with Gasteiger partial charge in [0.15, 0.2) is 0 Å². The van der Waals surface area contributed by atoms with Gasteiger partial charge < -0.3 is 25.0 Å². The normalized spacial score (nSPS) is 11.8. The predicted octanol–water partition coefficient (Wildman–Crippen LogP) is 4.43. The van der Waals surface area contributed by atoms with Gasteiger partial charge in [-0.25, -0.2) is 15.0 Å². The van der Waals surface area contributed by atoms with E-state index in [-0.39, 0.29) is 18.5 Å². The van der Waals surface area contributed by atoms with Gasteiger partial charge in [0, 0.05) is 31.0 Å². The molecule has 3 aromatic heterocycles. The molecular formula is C28H23N7O3. The third-order valence-corrected chi connectivity index (χ3v) is 6.43. The molecule has 5 aromatic rings. The van der Waals surface area contributed by atoms with Gasteiger partial charge >= 0.3 is 6.01 Å². The zero-order chi connectivity index (χ0) is 26.2. The number of amides is 1. The molecule has 1 amide bonds. The number of aryl methyl sites for hydroxylation is 1. The van der Waals surface area contributed by atoms with E-state index in [1.165, 1.54) is 6.08 Å². The van der Waals surface area contributed by atoms with E-state index in [0.717, 1.165) is 44.8 Å². The van der Waals surface area contributed by atoms with E-state index in [2.05, 4.69) is 41.7 Å². The number of anilines is 2. The number of ether oxygens (including phenoxy) is 1. The van der Waals surface area contributed by atoms with Crippen molar-refractivity contribution in [1.29, 1.82) is 0 Å². The molecule has 0 fully saturated rings. The summed E-state index contributed by atoms with van der Waals surface area (Å²) < 4.78 is 7.97. The van der Waals surface area contributed by atoms with Crippen LogP contribution >= 0.6 is 0 Å². The van der Waals surface area contributed by atoms with E-state index in [1.807, 2.05) is 49.5 Å². The molecule has 2 aromatic carbocycles. The van der Waals surface area contributed by atoms with Crippen molar-refractivity contribution in [3.8, 4) is 34.1 Å². The van der Waals surface area contributed by atoms with Crippen LogP contribution < -0.4 is 15.4 Å². The van der Waals surface area contributed by atoms with Crippen molar-refractivity contribution in [1.82, 2.24) is 24.5 Å². The topological polar surface area (TPSA) is 127 Å². The van der Waals surface area contributed by atoms with Crippen LogP contribution in [0.2, 0.25) is 0 Å². The minimum atomic E-state index is -0.264. The fourth-order valence-electron chi connectivity index (χ4n) is 4.71. The number of aromatic nitrogens is 5. The summed E-state index contributed by atoms with van der Waals surface area (Å²) in [6, 6.07) is 15.3. The van der Waals surface area contributed by atoms with E-state index >= 15 is 0 Å². The molecule has 1 aliphatic heterocycles. The molecule has 0 radical (unpaired) electrons. The van der Waals surface area contributed by atoms with Crippen LogP contribution in [0.4, 0.5) is 11.5 Å². The highest BCUT2D eigenvalue weighted by Crippen LogP contribution is 2.46. The van der Waals surface area contributed by atoms with Crippen molar-refractivity contribution >= 4 is 28.4 Å². The van der Waals surface area contributed by atoms with Crippen molar-refractivity contribution in [2.45, 2.75) is 13.2 Å². The van der Waals surface area contributed by atoms with Gasteiger partial charge in [0.2, 0.25) is 5.91 Å². The molecule has 0 atom stereocenters. The minimum Gasteiger partial charge on any atom is -0.424 e. The maximum Gasteiger partial charge on any atom is 0.322 e. The van der Waals surface area contributed by atoms with E-state index < -0.39 is 0 Å². The van der Waals surface area contributed by atoms with Gasteiger partial charge in [0.25, 0.3) is 0 Å². The maximum absolute atomic E-state index is 11.7. The summed E-state index contributed by atoms with van der Waals surface area (Å²) in [5.41, 5.74) is 6.93. The van der Waals surface area contributed by atoms with Crippen molar-refractivity contribution in [3.63, 3.8) is 0 Å². The van der Waals surface area contributed by atoms with Gasteiger partial charge in [-0.05, 0) is 53.1 Å². The van der Waals surface area contributed by atoms with Crippen molar-refractivity contribution in [3.05, 3.63) is 85.0 Å². The number of hydrogen-bond acceptors (Lipinski definition) is 8. The first kappa shape index (κ1) is 23.3. The summed E-state index contributed by atoms with van der Waals surface area (Å²) in [5, 5.41) is 16.5. The van der Waals surface area contributed by atoms with E-state index in [0.29, 0.717) is 23.7 Å². The fourth-order valence-corrected chi connectivity index (χ4v) is 4.71. The Hall–Kier alpha value is -5.09. The molecule has 3 N–H and O–H groups in total. The highest BCUT2D eigenvalue weighted by atomic mass is 16.5. The number of carbonyl (C=O) groups is 1. The Morgan fingerprint density at radius 3 is 2.82 bits per heavy atom. The second-order valence-corrected chi connectivity index (χ2v) is 8.74. The van der Waals surface area contributed by atoms with Crippen LogP contribution in [0, 0.1) is 0 Å². The Balaban J connectivity index is 1.46. The zero-order valence-electron chi connectivity index (χ0n) is 20.5. The summed E-state index contributed by atoms with van der Waals surface area (Å²) >= 11 is 0. The Bertz CT molecular complexity index is 1710. The number of carbonyl (C=O) groups excluding carboxylic acids is 1.